The van der Waals surface area contributed by atoms with Crippen molar-refractivity contribution < 1.29 is 33.6 Å². The number of imide groups is 1. The molecular formula is C23H22N6O8. The topological polar surface area (TPSA) is 181 Å². The molecule has 3 aromatic rings. The lowest BCUT2D eigenvalue weighted by Crippen LogP contribution is -2.37. The SMILES string of the molecule is COc1nc(N2C(=O)c3ccccc3C2=O)nc2c1c(N)nc(=O)n2[C@@H]1O[C@H](CO)[C@H]2OC(C)(C)O[C@H]21. The molecule has 2 saturated heterocycles. The molecule has 1 aromatic carbocycles. The quantitative estimate of drug-likeness (QED) is 0.449. The number of ether oxygens (including phenoxy) is 4. The summed E-state index contributed by atoms with van der Waals surface area (Å²) in [5.41, 5.74) is 5.50. The molecule has 5 heterocycles. The Morgan fingerprint density at radius 3 is 2.32 bits per heavy atom. The van der Waals surface area contributed by atoms with Gasteiger partial charge < -0.3 is 29.8 Å². The zero-order valence-corrected chi connectivity index (χ0v) is 19.9. The van der Waals surface area contributed by atoms with Crippen LogP contribution in [-0.4, -0.2) is 74.3 Å². The zero-order valence-electron chi connectivity index (χ0n) is 19.9. The second-order valence-corrected chi connectivity index (χ2v) is 9.18. The lowest BCUT2D eigenvalue weighted by molar-refractivity contribution is -0.200. The number of carbonyl (C=O) groups excluding carboxylic acids is 2. The fourth-order valence-corrected chi connectivity index (χ4v) is 4.98. The van der Waals surface area contributed by atoms with Gasteiger partial charge in [0.05, 0.1) is 24.8 Å². The molecule has 6 rings (SSSR count). The third kappa shape index (κ3) is 3.33. The van der Waals surface area contributed by atoms with E-state index in [-0.39, 0.29) is 39.8 Å². The summed E-state index contributed by atoms with van der Waals surface area (Å²) < 4.78 is 24.3. The number of hydrogen-bond acceptors (Lipinski definition) is 12. The van der Waals surface area contributed by atoms with E-state index in [0.717, 1.165) is 9.47 Å². The largest absolute Gasteiger partial charge is 0.480 e. The molecule has 3 N–H and O–H groups in total. The van der Waals surface area contributed by atoms with E-state index in [0.29, 0.717) is 0 Å². The maximum atomic E-state index is 13.2. The van der Waals surface area contributed by atoms with Crippen molar-refractivity contribution in [3.8, 4) is 5.88 Å². The number of hydrogen-bond donors (Lipinski definition) is 2. The van der Waals surface area contributed by atoms with Crippen molar-refractivity contribution in [3.05, 3.63) is 45.9 Å². The van der Waals surface area contributed by atoms with E-state index < -0.39 is 54.4 Å². The van der Waals surface area contributed by atoms with Crippen LogP contribution in [0.5, 0.6) is 5.88 Å². The summed E-state index contributed by atoms with van der Waals surface area (Å²) in [6, 6.07) is 6.31. The Morgan fingerprint density at radius 2 is 1.70 bits per heavy atom. The first-order valence-electron chi connectivity index (χ1n) is 11.4. The fraction of sp³-hybridized carbons (Fsp3) is 0.391. The number of amides is 2. The molecule has 0 radical (unpaired) electrons. The Labute approximate surface area is 208 Å². The Morgan fingerprint density at radius 1 is 1.05 bits per heavy atom. The van der Waals surface area contributed by atoms with Crippen LogP contribution in [-0.2, 0) is 14.2 Å². The summed E-state index contributed by atoms with van der Waals surface area (Å²) in [5, 5.41) is 9.94. The molecule has 14 heteroatoms. The number of methoxy groups -OCH3 is 1. The predicted octanol–water partition coefficient (Wildman–Crippen LogP) is -0.0123. The van der Waals surface area contributed by atoms with Crippen molar-refractivity contribution in [1.82, 2.24) is 19.5 Å². The van der Waals surface area contributed by atoms with Crippen LogP contribution in [0.2, 0.25) is 0 Å². The number of nitrogens with zero attached hydrogens (tertiary/aromatic N) is 5. The summed E-state index contributed by atoms with van der Waals surface area (Å²) in [6.07, 6.45) is -3.46. The molecule has 4 atom stereocenters. The monoisotopic (exact) mass is 510 g/mol. The molecule has 14 nitrogen and oxygen atoms in total. The van der Waals surface area contributed by atoms with Gasteiger partial charge in [0.15, 0.2) is 17.7 Å². The van der Waals surface area contributed by atoms with Crippen molar-refractivity contribution in [1.29, 1.82) is 0 Å². The minimum Gasteiger partial charge on any atom is -0.480 e. The minimum atomic E-state index is -1.14. The maximum Gasteiger partial charge on any atom is 0.353 e. The van der Waals surface area contributed by atoms with Crippen molar-refractivity contribution in [2.45, 2.75) is 44.2 Å². The van der Waals surface area contributed by atoms with Gasteiger partial charge in [-0.1, -0.05) is 12.1 Å². The standard InChI is InChI=1S/C23H22N6O8/c1-23(2)36-13-11(8-30)35-20(14(13)37-23)28-16-12(15(24)25-22(28)33)17(34-3)27-21(26-16)29-18(31)9-6-4-5-7-10(9)19(29)32/h4-7,11,13-14,20,30H,8H2,1-3H3,(H2,24,25,33)/t11-,13-,14-,20-/m1/s1. The molecule has 37 heavy (non-hydrogen) atoms. The third-order valence-corrected chi connectivity index (χ3v) is 6.50. The third-order valence-electron chi connectivity index (χ3n) is 6.50. The van der Waals surface area contributed by atoms with E-state index in [1.165, 1.54) is 19.2 Å². The molecule has 2 aromatic heterocycles. The number of nitrogen functional groups attached to an aromatic ring is 1. The number of aromatic nitrogens is 4. The zero-order chi connectivity index (χ0) is 26.2. The first-order chi connectivity index (χ1) is 17.6. The normalized spacial score (nSPS) is 26.1. The summed E-state index contributed by atoms with van der Waals surface area (Å²) in [4.78, 5) is 52.8. The van der Waals surface area contributed by atoms with Crippen LogP contribution in [0.15, 0.2) is 29.1 Å². The lowest BCUT2D eigenvalue weighted by atomic mass is 10.1. The summed E-state index contributed by atoms with van der Waals surface area (Å²) >= 11 is 0. The van der Waals surface area contributed by atoms with Crippen LogP contribution in [0.3, 0.4) is 0 Å². The van der Waals surface area contributed by atoms with E-state index in [4.69, 9.17) is 24.7 Å². The first-order valence-corrected chi connectivity index (χ1v) is 11.4. The van der Waals surface area contributed by atoms with Gasteiger partial charge >= 0.3 is 5.69 Å². The Kier molecular flexibility index (Phi) is 5.07. The molecule has 192 valence electrons. The molecule has 0 bridgehead atoms. The van der Waals surface area contributed by atoms with E-state index in [2.05, 4.69) is 15.0 Å². The van der Waals surface area contributed by atoms with Gasteiger partial charge in [0, 0.05) is 0 Å². The second kappa shape index (κ2) is 8.01. The molecule has 2 amide bonds. The summed E-state index contributed by atoms with van der Waals surface area (Å²) in [5.74, 6) is -2.95. The summed E-state index contributed by atoms with van der Waals surface area (Å²) in [7, 11) is 1.31. The van der Waals surface area contributed by atoms with Gasteiger partial charge in [0.2, 0.25) is 11.8 Å². The minimum absolute atomic E-state index is 0.0632. The van der Waals surface area contributed by atoms with Gasteiger partial charge in [0.25, 0.3) is 11.8 Å². The van der Waals surface area contributed by atoms with Crippen LogP contribution in [0.4, 0.5) is 11.8 Å². The van der Waals surface area contributed by atoms with Crippen molar-refractivity contribution in [2.24, 2.45) is 0 Å². The summed E-state index contributed by atoms with van der Waals surface area (Å²) in [6.45, 7) is 3.00. The number of fused-ring (bicyclic) bond motifs is 3. The van der Waals surface area contributed by atoms with E-state index in [1.807, 2.05) is 0 Å². The fourth-order valence-electron chi connectivity index (χ4n) is 4.98. The molecule has 3 aliphatic heterocycles. The second-order valence-electron chi connectivity index (χ2n) is 9.18. The van der Waals surface area contributed by atoms with Crippen LogP contribution in [0, 0.1) is 0 Å². The van der Waals surface area contributed by atoms with E-state index in [1.54, 1.807) is 26.0 Å². The van der Waals surface area contributed by atoms with E-state index >= 15 is 0 Å². The van der Waals surface area contributed by atoms with E-state index in [9.17, 15) is 19.5 Å². The Hall–Kier alpha value is -3.98. The molecule has 2 fully saturated rings. The average Bonchev–Trinajstić information content (AvgIpc) is 3.44. The van der Waals surface area contributed by atoms with Crippen molar-refractivity contribution in [2.75, 3.05) is 24.4 Å². The smallest absolute Gasteiger partial charge is 0.353 e. The van der Waals surface area contributed by atoms with Gasteiger partial charge in [-0.15, -0.1) is 0 Å². The molecule has 3 aliphatic rings. The van der Waals surface area contributed by atoms with Gasteiger partial charge in [0.1, 0.15) is 29.5 Å². The number of carbonyl (C=O) groups is 2. The molecular weight excluding hydrogens is 488 g/mol. The number of nitrogens with two attached hydrogens (primary N) is 1. The number of anilines is 2. The highest BCUT2D eigenvalue weighted by Crippen LogP contribution is 2.44. The van der Waals surface area contributed by atoms with Crippen LogP contribution >= 0.6 is 0 Å². The molecule has 0 unspecified atom stereocenters. The molecule has 0 saturated carbocycles. The molecule has 0 spiro atoms. The average molecular weight is 510 g/mol. The highest BCUT2D eigenvalue weighted by molar-refractivity contribution is 6.34. The van der Waals surface area contributed by atoms with Gasteiger partial charge in [-0.25, -0.2) is 14.3 Å². The predicted molar refractivity (Wildman–Crippen MR) is 125 cm³/mol. The highest BCUT2D eigenvalue weighted by atomic mass is 16.8. The van der Waals surface area contributed by atoms with Crippen molar-refractivity contribution in [3.63, 3.8) is 0 Å². The number of aliphatic hydroxyl groups excluding tert-OH is 1. The number of aliphatic hydroxyl groups is 1. The van der Waals surface area contributed by atoms with Crippen LogP contribution < -0.4 is 21.1 Å². The maximum absolute atomic E-state index is 13.2. The van der Waals surface area contributed by atoms with Gasteiger partial charge in [-0.2, -0.15) is 15.0 Å². The number of rotatable bonds is 4. The van der Waals surface area contributed by atoms with Gasteiger partial charge in [-0.05, 0) is 26.0 Å². The Bertz CT molecular complexity index is 1500. The van der Waals surface area contributed by atoms with Crippen LogP contribution in [0.1, 0.15) is 40.8 Å². The number of benzene rings is 1. The highest BCUT2D eigenvalue weighted by Gasteiger charge is 2.56. The Balaban J connectivity index is 1.56. The van der Waals surface area contributed by atoms with Gasteiger partial charge in [-0.3, -0.25) is 9.59 Å². The first kappa shape index (κ1) is 23.4. The van der Waals surface area contributed by atoms with Crippen molar-refractivity contribution >= 4 is 34.6 Å². The molecule has 0 aliphatic carbocycles. The van der Waals surface area contributed by atoms with Crippen LogP contribution in [0.25, 0.3) is 11.0 Å². The lowest BCUT2D eigenvalue weighted by Gasteiger charge is -2.25.